The molecule has 0 amide bonds. The molecule has 0 saturated carbocycles. The van der Waals surface area contributed by atoms with Gasteiger partial charge in [-0.25, -0.2) is 4.99 Å². The lowest BCUT2D eigenvalue weighted by Crippen LogP contribution is -2.40. The van der Waals surface area contributed by atoms with Crippen molar-refractivity contribution >= 4 is 5.96 Å². The maximum absolute atomic E-state index is 5.87. The van der Waals surface area contributed by atoms with Gasteiger partial charge in [0.15, 0.2) is 5.96 Å². The van der Waals surface area contributed by atoms with E-state index >= 15 is 0 Å². The van der Waals surface area contributed by atoms with Gasteiger partial charge in [0.05, 0.1) is 13.2 Å². The van der Waals surface area contributed by atoms with Gasteiger partial charge in [-0.05, 0) is 36.8 Å². The van der Waals surface area contributed by atoms with Crippen molar-refractivity contribution in [2.75, 3.05) is 13.7 Å². The van der Waals surface area contributed by atoms with Crippen molar-refractivity contribution in [2.45, 2.75) is 19.5 Å². The van der Waals surface area contributed by atoms with Crippen molar-refractivity contribution in [1.29, 1.82) is 0 Å². The number of nitrogens with two attached hydrogens (primary N) is 1. The molecule has 0 aromatic heterocycles. The predicted octanol–water partition coefficient (Wildman–Crippen LogP) is 2.92. The van der Waals surface area contributed by atoms with E-state index in [1.165, 1.54) is 0 Å². The monoisotopic (exact) mass is 313 g/mol. The fraction of sp³-hybridized carbons (Fsp3) is 0.278. The minimum atomic E-state index is 0.122. The lowest BCUT2D eigenvalue weighted by molar-refractivity contribution is 0.179. The van der Waals surface area contributed by atoms with Gasteiger partial charge in [-0.15, -0.1) is 0 Å². The first kappa shape index (κ1) is 16.8. The highest BCUT2D eigenvalue weighted by Gasteiger charge is 2.02. The second-order valence-corrected chi connectivity index (χ2v) is 5.26. The molecule has 3 N–H and O–H groups in total. The zero-order valence-corrected chi connectivity index (χ0v) is 13.5. The average Bonchev–Trinajstić information content (AvgIpc) is 2.54. The molecule has 0 aliphatic rings. The fourth-order valence-electron chi connectivity index (χ4n) is 2.10. The second kappa shape index (κ2) is 8.80. The van der Waals surface area contributed by atoms with Gasteiger partial charge in [0.2, 0.25) is 0 Å². The first-order valence-corrected chi connectivity index (χ1v) is 7.54. The minimum absolute atomic E-state index is 0.122. The van der Waals surface area contributed by atoms with Crippen molar-refractivity contribution in [2.24, 2.45) is 10.7 Å². The molecule has 5 nitrogen and oxygen atoms in total. The van der Waals surface area contributed by atoms with Crippen LogP contribution in [0.25, 0.3) is 0 Å². The molecule has 2 rings (SSSR count). The highest BCUT2D eigenvalue weighted by Crippen LogP contribution is 2.21. The molecule has 1 atom stereocenters. The van der Waals surface area contributed by atoms with E-state index in [9.17, 15) is 0 Å². The van der Waals surface area contributed by atoms with Crippen LogP contribution in [0.3, 0.4) is 0 Å². The SMILES string of the molecule is COCC(C)NC(N)=NCc1cccc(Oc2ccccc2)c1. The maximum Gasteiger partial charge on any atom is 0.189 e. The van der Waals surface area contributed by atoms with Gasteiger partial charge in [0.25, 0.3) is 0 Å². The van der Waals surface area contributed by atoms with Crippen LogP contribution in [0, 0.1) is 0 Å². The molecule has 5 heteroatoms. The summed E-state index contributed by atoms with van der Waals surface area (Å²) in [7, 11) is 1.66. The van der Waals surface area contributed by atoms with Gasteiger partial charge in [-0.2, -0.15) is 0 Å². The van der Waals surface area contributed by atoms with E-state index in [2.05, 4.69) is 10.3 Å². The number of aliphatic imine (C=N–C) groups is 1. The summed E-state index contributed by atoms with van der Waals surface area (Å²) in [6, 6.07) is 17.6. The van der Waals surface area contributed by atoms with E-state index in [-0.39, 0.29) is 6.04 Å². The van der Waals surface area contributed by atoms with Gasteiger partial charge in [0, 0.05) is 13.2 Å². The Kier molecular flexibility index (Phi) is 6.44. The standard InChI is InChI=1S/C18H23N3O2/c1-14(13-22-2)21-18(19)20-12-15-7-6-10-17(11-15)23-16-8-4-3-5-9-16/h3-11,14H,12-13H2,1-2H3,(H3,19,20,21). The van der Waals surface area contributed by atoms with E-state index in [0.29, 0.717) is 19.1 Å². The Balaban J connectivity index is 1.94. The number of para-hydroxylation sites is 1. The van der Waals surface area contributed by atoms with Gasteiger partial charge in [-0.1, -0.05) is 30.3 Å². The van der Waals surface area contributed by atoms with Crippen LogP contribution in [-0.2, 0) is 11.3 Å². The second-order valence-electron chi connectivity index (χ2n) is 5.26. The predicted molar refractivity (Wildman–Crippen MR) is 92.8 cm³/mol. The molecule has 0 aliphatic heterocycles. The topological polar surface area (TPSA) is 68.9 Å². The van der Waals surface area contributed by atoms with Crippen molar-refractivity contribution in [3.63, 3.8) is 0 Å². The number of hydrogen-bond acceptors (Lipinski definition) is 3. The third kappa shape index (κ3) is 6.00. The first-order chi connectivity index (χ1) is 11.2. The number of ether oxygens (including phenoxy) is 2. The van der Waals surface area contributed by atoms with E-state index in [1.807, 2.05) is 61.5 Å². The largest absolute Gasteiger partial charge is 0.457 e. The van der Waals surface area contributed by atoms with Crippen molar-refractivity contribution in [3.8, 4) is 11.5 Å². The number of methoxy groups -OCH3 is 1. The van der Waals surface area contributed by atoms with Crippen LogP contribution >= 0.6 is 0 Å². The van der Waals surface area contributed by atoms with Gasteiger partial charge < -0.3 is 20.5 Å². The average molecular weight is 313 g/mol. The molecular weight excluding hydrogens is 290 g/mol. The molecule has 2 aromatic carbocycles. The van der Waals surface area contributed by atoms with Crippen LogP contribution in [0.15, 0.2) is 59.6 Å². The Hall–Kier alpha value is -2.53. The molecular formula is C18H23N3O2. The summed E-state index contributed by atoms with van der Waals surface area (Å²) < 4.78 is 10.9. The van der Waals surface area contributed by atoms with Gasteiger partial charge >= 0.3 is 0 Å². The molecule has 2 aromatic rings. The molecule has 0 aliphatic carbocycles. The van der Waals surface area contributed by atoms with Crippen LogP contribution in [0.4, 0.5) is 0 Å². The summed E-state index contributed by atoms with van der Waals surface area (Å²) >= 11 is 0. The van der Waals surface area contributed by atoms with Crippen LogP contribution in [0.1, 0.15) is 12.5 Å². The van der Waals surface area contributed by atoms with Gasteiger partial charge in [0.1, 0.15) is 11.5 Å². The number of hydrogen-bond donors (Lipinski definition) is 2. The Labute approximate surface area is 137 Å². The fourth-order valence-corrected chi connectivity index (χ4v) is 2.10. The van der Waals surface area contributed by atoms with E-state index < -0.39 is 0 Å². The van der Waals surface area contributed by atoms with E-state index in [0.717, 1.165) is 17.1 Å². The Morgan fingerprint density at radius 3 is 2.61 bits per heavy atom. The molecule has 122 valence electrons. The zero-order valence-electron chi connectivity index (χ0n) is 13.5. The van der Waals surface area contributed by atoms with Crippen molar-refractivity contribution < 1.29 is 9.47 Å². The minimum Gasteiger partial charge on any atom is -0.457 e. The summed E-state index contributed by atoms with van der Waals surface area (Å²) in [5.41, 5.74) is 6.90. The molecule has 0 bridgehead atoms. The highest BCUT2D eigenvalue weighted by atomic mass is 16.5. The van der Waals surface area contributed by atoms with Gasteiger partial charge in [-0.3, -0.25) is 0 Å². The quantitative estimate of drug-likeness (QED) is 0.609. The number of guanidine groups is 1. The molecule has 0 spiro atoms. The Morgan fingerprint density at radius 1 is 1.13 bits per heavy atom. The lowest BCUT2D eigenvalue weighted by atomic mass is 10.2. The van der Waals surface area contributed by atoms with Crippen LogP contribution in [0.5, 0.6) is 11.5 Å². The van der Waals surface area contributed by atoms with Crippen LogP contribution < -0.4 is 15.8 Å². The molecule has 0 heterocycles. The van der Waals surface area contributed by atoms with Crippen LogP contribution in [0.2, 0.25) is 0 Å². The zero-order chi connectivity index (χ0) is 16.5. The van der Waals surface area contributed by atoms with E-state index in [1.54, 1.807) is 7.11 Å². The lowest BCUT2D eigenvalue weighted by Gasteiger charge is -2.13. The molecule has 1 unspecified atom stereocenters. The molecule has 0 fully saturated rings. The summed E-state index contributed by atoms with van der Waals surface area (Å²) in [6.45, 7) is 3.06. The maximum atomic E-state index is 5.87. The first-order valence-electron chi connectivity index (χ1n) is 7.54. The summed E-state index contributed by atoms with van der Waals surface area (Å²) in [4.78, 5) is 4.34. The summed E-state index contributed by atoms with van der Waals surface area (Å²) in [6.07, 6.45) is 0. The highest BCUT2D eigenvalue weighted by molar-refractivity contribution is 5.78. The number of nitrogens with one attached hydrogen (secondary N) is 1. The normalized spacial score (nSPS) is 12.7. The van der Waals surface area contributed by atoms with E-state index in [4.69, 9.17) is 15.2 Å². The third-order valence-electron chi connectivity index (χ3n) is 3.12. The molecule has 23 heavy (non-hydrogen) atoms. The Morgan fingerprint density at radius 2 is 1.87 bits per heavy atom. The molecule has 0 radical (unpaired) electrons. The third-order valence-corrected chi connectivity index (χ3v) is 3.12. The summed E-state index contributed by atoms with van der Waals surface area (Å²) in [5.74, 6) is 2.00. The number of nitrogens with zero attached hydrogens (tertiary/aromatic N) is 1. The number of benzene rings is 2. The van der Waals surface area contributed by atoms with Crippen LogP contribution in [-0.4, -0.2) is 25.7 Å². The number of rotatable bonds is 7. The van der Waals surface area contributed by atoms with Crippen molar-refractivity contribution in [3.05, 3.63) is 60.2 Å². The Bertz CT molecular complexity index is 629. The van der Waals surface area contributed by atoms with Crippen molar-refractivity contribution in [1.82, 2.24) is 5.32 Å². The smallest absolute Gasteiger partial charge is 0.189 e. The summed E-state index contributed by atoms with van der Waals surface area (Å²) in [5, 5.41) is 3.08. The molecule has 0 saturated heterocycles.